The van der Waals surface area contributed by atoms with Gasteiger partial charge in [-0.05, 0) is 48.7 Å². The van der Waals surface area contributed by atoms with Gasteiger partial charge in [-0.3, -0.25) is 14.5 Å². The van der Waals surface area contributed by atoms with Crippen LogP contribution in [0.1, 0.15) is 32.9 Å². The van der Waals surface area contributed by atoms with Crippen molar-refractivity contribution in [3.05, 3.63) is 94.9 Å². The molecule has 0 aliphatic rings. The van der Waals surface area contributed by atoms with Gasteiger partial charge in [-0.25, -0.2) is 0 Å². The lowest BCUT2D eigenvalue weighted by atomic mass is 10.1. The zero-order valence-electron chi connectivity index (χ0n) is 17.4. The van der Waals surface area contributed by atoms with E-state index in [0.29, 0.717) is 23.9 Å². The number of aryl methyl sites for hydroxylation is 1. The van der Waals surface area contributed by atoms with Gasteiger partial charge in [-0.2, -0.15) is 18.3 Å². The molecule has 0 atom stereocenters. The third-order valence-corrected chi connectivity index (χ3v) is 5.16. The van der Waals surface area contributed by atoms with E-state index in [4.69, 9.17) is 0 Å². The molecule has 0 saturated carbocycles. The molecule has 5 nitrogen and oxygen atoms in total. The van der Waals surface area contributed by atoms with Crippen molar-refractivity contribution < 1.29 is 18.0 Å². The van der Waals surface area contributed by atoms with E-state index < -0.39 is 11.7 Å². The van der Waals surface area contributed by atoms with Crippen molar-refractivity contribution in [2.24, 2.45) is 0 Å². The minimum absolute atomic E-state index is 0.251. The fourth-order valence-electron chi connectivity index (χ4n) is 3.44. The number of fused-ring (bicyclic) bond motifs is 1. The van der Waals surface area contributed by atoms with Crippen molar-refractivity contribution in [2.75, 3.05) is 6.54 Å². The number of alkyl halides is 3. The molecule has 0 radical (unpaired) electrons. The molecule has 0 aliphatic heterocycles. The van der Waals surface area contributed by atoms with E-state index in [9.17, 15) is 18.0 Å². The summed E-state index contributed by atoms with van der Waals surface area (Å²) in [5.41, 5.74) is 2.94. The van der Waals surface area contributed by atoms with Gasteiger partial charge in [0, 0.05) is 23.8 Å². The number of para-hydroxylation sites is 1. The van der Waals surface area contributed by atoms with Crippen LogP contribution in [-0.2, 0) is 19.1 Å². The van der Waals surface area contributed by atoms with Gasteiger partial charge in [0.1, 0.15) is 0 Å². The van der Waals surface area contributed by atoms with Crippen molar-refractivity contribution in [1.82, 2.24) is 20.1 Å². The van der Waals surface area contributed by atoms with Crippen LogP contribution in [0.2, 0.25) is 0 Å². The molecule has 4 rings (SSSR count). The number of pyridine rings is 1. The highest BCUT2D eigenvalue weighted by Crippen LogP contribution is 2.29. The molecule has 0 aliphatic carbocycles. The molecule has 2 aromatic heterocycles. The summed E-state index contributed by atoms with van der Waals surface area (Å²) in [4.78, 5) is 17.0. The number of hydrogen-bond donors (Lipinski definition) is 1. The number of carbonyl (C=O) groups is 1. The number of benzene rings is 2. The van der Waals surface area contributed by atoms with Gasteiger partial charge < -0.3 is 5.32 Å². The second-order valence-electron chi connectivity index (χ2n) is 7.53. The maximum Gasteiger partial charge on any atom is 0.416 e. The standard InChI is InChI=1S/C24H21F3N4O/c1-16-6-7-17(14-29-16)12-13-28-23(32)22-20-4-2-3-5-21(20)31(30-22)15-18-8-10-19(11-9-18)24(25,26)27/h2-11,14H,12-13,15H2,1H3,(H,28,32). The van der Waals surface area contributed by atoms with Crippen molar-refractivity contribution in [3.8, 4) is 0 Å². The Morgan fingerprint density at radius 3 is 2.41 bits per heavy atom. The molecule has 2 aromatic carbocycles. The highest BCUT2D eigenvalue weighted by atomic mass is 19.4. The molecule has 32 heavy (non-hydrogen) atoms. The molecule has 164 valence electrons. The van der Waals surface area contributed by atoms with E-state index in [1.807, 2.05) is 43.3 Å². The Bertz CT molecular complexity index is 1230. The van der Waals surface area contributed by atoms with E-state index in [1.54, 1.807) is 10.9 Å². The monoisotopic (exact) mass is 438 g/mol. The second kappa shape index (κ2) is 8.82. The Kier molecular flexibility index (Phi) is 5.94. The molecule has 0 saturated heterocycles. The summed E-state index contributed by atoms with van der Waals surface area (Å²) in [6.07, 6.45) is -1.95. The lowest BCUT2D eigenvalue weighted by Crippen LogP contribution is -2.26. The van der Waals surface area contributed by atoms with Crippen LogP contribution in [0.3, 0.4) is 0 Å². The third kappa shape index (κ3) is 4.80. The average Bonchev–Trinajstić information content (AvgIpc) is 3.13. The summed E-state index contributed by atoms with van der Waals surface area (Å²) < 4.78 is 40.1. The lowest BCUT2D eigenvalue weighted by molar-refractivity contribution is -0.137. The normalized spacial score (nSPS) is 11.6. The minimum atomic E-state index is -4.38. The zero-order chi connectivity index (χ0) is 22.7. The van der Waals surface area contributed by atoms with Gasteiger partial charge >= 0.3 is 6.18 Å². The highest BCUT2D eigenvalue weighted by molar-refractivity contribution is 6.04. The molecule has 0 fully saturated rings. The fourth-order valence-corrected chi connectivity index (χ4v) is 3.44. The Morgan fingerprint density at radius 2 is 1.72 bits per heavy atom. The van der Waals surface area contributed by atoms with Crippen molar-refractivity contribution in [1.29, 1.82) is 0 Å². The Hall–Kier alpha value is -3.68. The van der Waals surface area contributed by atoms with Crippen molar-refractivity contribution in [2.45, 2.75) is 26.1 Å². The molecule has 0 bridgehead atoms. The van der Waals surface area contributed by atoms with E-state index in [-0.39, 0.29) is 18.1 Å². The Morgan fingerprint density at radius 1 is 1.00 bits per heavy atom. The van der Waals surface area contributed by atoms with E-state index in [1.165, 1.54) is 12.1 Å². The summed E-state index contributed by atoms with van der Waals surface area (Å²) in [6, 6.07) is 16.1. The summed E-state index contributed by atoms with van der Waals surface area (Å²) in [5, 5.41) is 8.04. The fraction of sp³-hybridized carbons (Fsp3) is 0.208. The van der Waals surface area contributed by atoms with Crippen LogP contribution in [0.4, 0.5) is 13.2 Å². The van der Waals surface area contributed by atoms with Gasteiger partial charge in [-0.1, -0.05) is 36.4 Å². The topological polar surface area (TPSA) is 59.8 Å². The maximum absolute atomic E-state index is 12.8. The van der Waals surface area contributed by atoms with Gasteiger partial charge in [0.05, 0.1) is 17.6 Å². The minimum Gasteiger partial charge on any atom is -0.350 e. The van der Waals surface area contributed by atoms with E-state index in [2.05, 4.69) is 15.4 Å². The SMILES string of the molecule is Cc1ccc(CCNC(=O)c2nn(Cc3ccc(C(F)(F)F)cc3)c3ccccc23)cn1. The number of halogens is 3. The van der Waals surface area contributed by atoms with Crippen LogP contribution >= 0.6 is 0 Å². The van der Waals surface area contributed by atoms with Crippen LogP contribution in [0.25, 0.3) is 10.9 Å². The van der Waals surface area contributed by atoms with Crippen molar-refractivity contribution >= 4 is 16.8 Å². The number of hydrogen-bond acceptors (Lipinski definition) is 3. The first-order valence-corrected chi connectivity index (χ1v) is 10.1. The van der Waals surface area contributed by atoms with Crippen LogP contribution < -0.4 is 5.32 Å². The number of amides is 1. The van der Waals surface area contributed by atoms with Crippen LogP contribution in [0.15, 0.2) is 66.9 Å². The quantitative estimate of drug-likeness (QED) is 0.471. The molecule has 0 spiro atoms. The van der Waals surface area contributed by atoms with Gasteiger partial charge in [-0.15, -0.1) is 0 Å². The smallest absolute Gasteiger partial charge is 0.350 e. The number of aromatic nitrogens is 3. The van der Waals surface area contributed by atoms with Gasteiger partial charge in [0.15, 0.2) is 5.69 Å². The summed E-state index contributed by atoms with van der Waals surface area (Å²) in [5.74, 6) is -0.299. The first-order valence-electron chi connectivity index (χ1n) is 10.1. The third-order valence-electron chi connectivity index (χ3n) is 5.16. The molecule has 4 aromatic rings. The van der Waals surface area contributed by atoms with Crippen LogP contribution in [-0.4, -0.2) is 27.2 Å². The maximum atomic E-state index is 12.8. The first-order chi connectivity index (χ1) is 15.3. The first kappa shape index (κ1) is 21.5. The summed E-state index contributed by atoms with van der Waals surface area (Å²) in [6.45, 7) is 2.60. The number of nitrogens with one attached hydrogen (secondary N) is 1. The Balaban J connectivity index is 1.50. The van der Waals surface area contributed by atoms with Crippen LogP contribution in [0.5, 0.6) is 0 Å². The van der Waals surface area contributed by atoms with Gasteiger partial charge in [0.2, 0.25) is 0 Å². The number of carbonyl (C=O) groups excluding carboxylic acids is 1. The molecule has 2 heterocycles. The summed E-state index contributed by atoms with van der Waals surface area (Å²) in [7, 11) is 0. The molecular formula is C24H21F3N4O. The molecule has 8 heteroatoms. The predicted octanol–water partition coefficient (Wildman–Crippen LogP) is 4.78. The largest absolute Gasteiger partial charge is 0.416 e. The predicted molar refractivity (Wildman–Crippen MR) is 115 cm³/mol. The van der Waals surface area contributed by atoms with Crippen molar-refractivity contribution in [3.63, 3.8) is 0 Å². The lowest BCUT2D eigenvalue weighted by Gasteiger charge is -2.08. The van der Waals surface area contributed by atoms with Crippen LogP contribution in [0, 0.1) is 6.92 Å². The second-order valence-corrected chi connectivity index (χ2v) is 7.53. The molecule has 0 unspecified atom stereocenters. The Labute approximate surface area is 182 Å². The van der Waals surface area contributed by atoms with E-state index in [0.717, 1.165) is 28.9 Å². The molecular weight excluding hydrogens is 417 g/mol. The number of rotatable bonds is 6. The summed E-state index contributed by atoms with van der Waals surface area (Å²) >= 11 is 0. The van der Waals surface area contributed by atoms with E-state index >= 15 is 0 Å². The average molecular weight is 438 g/mol. The molecule has 1 amide bonds. The van der Waals surface area contributed by atoms with Gasteiger partial charge in [0.25, 0.3) is 5.91 Å². The molecule has 1 N–H and O–H groups in total. The highest BCUT2D eigenvalue weighted by Gasteiger charge is 2.30. The number of nitrogens with zero attached hydrogens (tertiary/aromatic N) is 3. The zero-order valence-corrected chi connectivity index (χ0v) is 17.4.